The van der Waals surface area contributed by atoms with Crippen molar-refractivity contribution in [3.63, 3.8) is 0 Å². The minimum absolute atomic E-state index is 0.00231. The molecule has 6 nitrogen and oxygen atoms in total. The molecule has 7 heteroatoms. The van der Waals surface area contributed by atoms with Gasteiger partial charge >= 0.3 is 6.09 Å². The molecule has 0 unspecified atom stereocenters. The number of thiazole rings is 1. The molecule has 5 rings (SSSR count). The molecule has 164 valence electrons. The number of aryl methyl sites for hydroxylation is 2. The van der Waals surface area contributed by atoms with Crippen LogP contribution in [0, 0.1) is 13.8 Å². The highest BCUT2D eigenvalue weighted by Crippen LogP contribution is 2.44. The lowest BCUT2D eigenvalue weighted by Gasteiger charge is -2.24. The van der Waals surface area contributed by atoms with Crippen LogP contribution in [0.3, 0.4) is 0 Å². The molecular formula is C25H25N3O3S. The maximum absolute atomic E-state index is 13.0. The molecular weight excluding hydrogens is 422 g/mol. The molecule has 3 aromatic rings. The number of rotatable bonds is 4. The quantitative estimate of drug-likeness (QED) is 0.603. The molecule has 32 heavy (non-hydrogen) atoms. The monoisotopic (exact) mass is 447 g/mol. The van der Waals surface area contributed by atoms with Gasteiger partial charge in [0.2, 0.25) is 5.91 Å². The topological polar surface area (TPSA) is 71.5 Å². The third-order valence-corrected chi connectivity index (χ3v) is 7.37. The van der Waals surface area contributed by atoms with Crippen molar-refractivity contribution in [1.29, 1.82) is 0 Å². The number of aromatic nitrogens is 1. The predicted octanol–water partition coefficient (Wildman–Crippen LogP) is 5.11. The SMILES string of the molecule is Cc1nc(NC(=O)[C@H]2CCCN2C(=O)OCC2c3ccccc3-c3ccccc32)sc1C. The van der Waals surface area contributed by atoms with Crippen LogP contribution in [0.15, 0.2) is 48.5 Å². The van der Waals surface area contributed by atoms with Crippen molar-refractivity contribution in [2.24, 2.45) is 0 Å². The number of amides is 2. The first-order valence-corrected chi connectivity index (χ1v) is 11.7. The molecule has 1 fully saturated rings. The van der Waals surface area contributed by atoms with Crippen LogP contribution >= 0.6 is 11.3 Å². The van der Waals surface area contributed by atoms with Crippen molar-refractivity contribution in [2.45, 2.75) is 38.6 Å². The zero-order valence-corrected chi connectivity index (χ0v) is 18.9. The molecule has 0 spiro atoms. The molecule has 0 radical (unpaired) electrons. The van der Waals surface area contributed by atoms with E-state index in [1.54, 1.807) is 4.90 Å². The van der Waals surface area contributed by atoms with Gasteiger partial charge in [-0.1, -0.05) is 48.5 Å². The van der Waals surface area contributed by atoms with Gasteiger partial charge in [0.05, 0.1) is 5.69 Å². The Kier molecular flexibility index (Phi) is 5.43. The van der Waals surface area contributed by atoms with E-state index in [9.17, 15) is 9.59 Å². The second-order valence-corrected chi connectivity index (χ2v) is 9.51. The van der Waals surface area contributed by atoms with Gasteiger partial charge in [-0.05, 0) is 48.9 Å². The molecule has 1 saturated heterocycles. The molecule has 2 aliphatic rings. The molecule has 0 saturated carbocycles. The van der Waals surface area contributed by atoms with Crippen molar-refractivity contribution >= 4 is 28.5 Å². The van der Waals surface area contributed by atoms with Gasteiger partial charge in [-0.25, -0.2) is 9.78 Å². The fourth-order valence-corrected chi connectivity index (χ4v) is 5.47. The third kappa shape index (κ3) is 3.66. The van der Waals surface area contributed by atoms with Crippen LogP contribution in [0.5, 0.6) is 0 Å². The summed E-state index contributed by atoms with van der Waals surface area (Å²) in [6, 6.07) is 16.0. The van der Waals surface area contributed by atoms with Crippen molar-refractivity contribution in [3.05, 3.63) is 70.2 Å². The first-order chi connectivity index (χ1) is 15.5. The van der Waals surface area contributed by atoms with Crippen LogP contribution in [0.2, 0.25) is 0 Å². The number of nitrogens with one attached hydrogen (secondary N) is 1. The van der Waals surface area contributed by atoms with Gasteiger partial charge < -0.3 is 10.1 Å². The second kappa shape index (κ2) is 8.39. The standard InChI is InChI=1S/C25H25N3O3S/c1-15-16(2)32-24(26-15)27-23(29)22-12-7-13-28(22)25(30)31-14-21-19-10-5-3-8-17(19)18-9-4-6-11-20(18)21/h3-6,8-11,21-22H,7,12-14H2,1-2H3,(H,26,27,29)/t22-/m1/s1. The summed E-state index contributed by atoms with van der Waals surface area (Å²) in [5, 5.41) is 3.45. The van der Waals surface area contributed by atoms with Gasteiger partial charge in [0.25, 0.3) is 0 Å². The number of hydrogen-bond donors (Lipinski definition) is 1. The summed E-state index contributed by atoms with van der Waals surface area (Å²) in [7, 11) is 0. The Morgan fingerprint density at radius 1 is 1.09 bits per heavy atom. The Labute approximate surface area is 191 Å². The molecule has 2 heterocycles. The molecule has 2 aromatic carbocycles. The fraction of sp³-hybridized carbons (Fsp3) is 0.320. The highest BCUT2D eigenvalue weighted by Gasteiger charge is 2.36. The van der Waals surface area contributed by atoms with Crippen LogP contribution in [0.25, 0.3) is 11.1 Å². The smallest absolute Gasteiger partial charge is 0.410 e. The zero-order valence-electron chi connectivity index (χ0n) is 18.1. The molecule has 2 amide bonds. The number of anilines is 1. The van der Waals surface area contributed by atoms with Crippen molar-refractivity contribution in [3.8, 4) is 11.1 Å². The number of carbonyl (C=O) groups excluding carboxylic acids is 2. The summed E-state index contributed by atoms with van der Waals surface area (Å²) in [4.78, 5) is 32.8. The number of hydrogen-bond acceptors (Lipinski definition) is 5. The van der Waals surface area contributed by atoms with Crippen molar-refractivity contribution < 1.29 is 14.3 Å². The lowest BCUT2D eigenvalue weighted by atomic mass is 9.98. The minimum atomic E-state index is -0.532. The van der Waals surface area contributed by atoms with E-state index in [4.69, 9.17) is 4.74 Å². The highest BCUT2D eigenvalue weighted by molar-refractivity contribution is 7.15. The maximum Gasteiger partial charge on any atom is 0.410 e. The van der Waals surface area contributed by atoms with E-state index in [0.29, 0.717) is 18.1 Å². The van der Waals surface area contributed by atoms with Crippen molar-refractivity contribution in [2.75, 3.05) is 18.5 Å². The van der Waals surface area contributed by atoms with E-state index < -0.39 is 12.1 Å². The summed E-state index contributed by atoms with van der Waals surface area (Å²) >= 11 is 1.45. The average molecular weight is 448 g/mol. The van der Waals surface area contributed by atoms with Gasteiger partial charge in [0, 0.05) is 17.3 Å². The van der Waals surface area contributed by atoms with Crippen LogP contribution in [-0.4, -0.2) is 41.1 Å². The second-order valence-electron chi connectivity index (χ2n) is 8.31. The number of benzene rings is 2. The Balaban J connectivity index is 1.27. The van der Waals surface area contributed by atoms with Crippen LogP contribution in [0.4, 0.5) is 9.93 Å². The molecule has 1 aromatic heterocycles. The predicted molar refractivity (Wildman–Crippen MR) is 125 cm³/mol. The summed E-state index contributed by atoms with van der Waals surface area (Å²) in [6.07, 6.45) is 0.966. The first kappa shape index (κ1) is 20.7. The van der Waals surface area contributed by atoms with Crippen LogP contribution < -0.4 is 5.32 Å². The number of nitrogens with zero attached hydrogens (tertiary/aromatic N) is 2. The normalized spacial score (nSPS) is 17.2. The number of ether oxygens (including phenoxy) is 1. The fourth-order valence-electron chi connectivity index (χ4n) is 4.65. The minimum Gasteiger partial charge on any atom is -0.448 e. The first-order valence-electron chi connectivity index (χ1n) is 10.9. The average Bonchev–Trinajstić information content (AvgIpc) is 3.49. The van der Waals surface area contributed by atoms with E-state index in [1.165, 1.54) is 33.6 Å². The number of likely N-dealkylation sites (tertiary alicyclic amines) is 1. The Hall–Kier alpha value is -3.19. The summed E-state index contributed by atoms with van der Waals surface area (Å²) in [5.41, 5.74) is 5.64. The molecule has 1 atom stereocenters. The van der Waals surface area contributed by atoms with Gasteiger partial charge in [0.15, 0.2) is 5.13 Å². The van der Waals surface area contributed by atoms with Gasteiger partial charge in [-0.2, -0.15) is 0 Å². The summed E-state index contributed by atoms with van der Waals surface area (Å²) in [5.74, 6) is -0.202. The van der Waals surface area contributed by atoms with E-state index in [-0.39, 0.29) is 18.4 Å². The maximum atomic E-state index is 13.0. The largest absolute Gasteiger partial charge is 0.448 e. The Morgan fingerprint density at radius 2 is 1.75 bits per heavy atom. The third-order valence-electron chi connectivity index (χ3n) is 6.38. The van der Waals surface area contributed by atoms with Crippen LogP contribution in [-0.2, 0) is 9.53 Å². The lowest BCUT2D eigenvalue weighted by molar-refractivity contribution is -0.120. The van der Waals surface area contributed by atoms with Gasteiger partial charge in [0.1, 0.15) is 12.6 Å². The van der Waals surface area contributed by atoms with E-state index in [1.807, 2.05) is 38.1 Å². The van der Waals surface area contributed by atoms with E-state index >= 15 is 0 Å². The lowest BCUT2D eigenvalue weighted by Crippen LogP contribution is -2.43. The molecule has 1 aliphatic heterocycles. The number of fused-ring (bicyclic) bond motifs is 3. The molecule has 1 N–H and O–H groups in total. The highest BCUT2D eigenvalue weighted by atomic mass is 32.1. The van der Waals surface area contributed by atoms with E-state index in [2.05, 4.69) is 34.6 Å². The van der Waals surface area contributed by atoms with Gasteiger partial charge in [-0.3, -0.25) is 9.69 Å². The summed E-state index contributed by atoms with van der Waals surface area (Å²) in [6.45, 7) is 4.66. The Bertz CT molecular complexity index is 1120. The zero-order chi connectivity index (χ0) is 22.2. The van der Waals surface area contributed by atoms with E-state index in [0.717, 1.165) is 17.0 Å². The summed E-state index contributed by atoms with van der Waals surface area (Å²) < 4.78 is 5.77. The Morgan fingerprint density at radius 3 is 2.38 bits per heavy atom. The van der Waals surface area contributed by atoms with Gasteiger partial charge in [-0.15, -0.1) is 11.3 Å². The molecule has 1 aliphatic carbocycles. The molecule has 0 bridgehead atoms. The van der Waals surface area contributed by atoms with Crippen molar-refractivity contribution in [1.82, 2.24) is 9.88 Å². The van der Waals surface area contributed by atoms with Crippen LogP contribution in [0.1, 0.15) is 40.5 Å². The number of carbonyl (C=O) groups is 2.